The first-order valence-electron chi connectivity index (χ1n) is 6.54. The van der Waals surface area contributed by atoms with Crippen molar-refractivity contribution in [2.45, 2.75) is 39.5 Å². The van der Waals surface area contributed by atoms with E-state index in [9.17, 15) is 0 Å². The molecule has 16 heavy (non-hydrogen) atoms. The lowest BCUT2D eigenvalue weighted by molar-refractivity contribution is 0.300. The predicted octanol–water partition coefficient (Wildman–Crippen LogP) is 4.23. The lowest BCUT2D eigenvalue weighted by Gasteiger charge is -2.26. The Morgan fingerprint density at radius 2 is 1.94 bits per heavy atom. The summed E-state index contributed by atoms with van der Waals surface area (Å²) in [6.45, 7) is 5.67. The zero-order chi connectivity index (χ0) is 11.4. The highest BCUT2D eigenvalue weighted by molar-refractivity contribution is 5.45. The van der Waals surface area contributed by atoms with Crippen LogP contribution in [0.4, 0.5) is 5.69 Å². The maximum Gasteiger partial charge on any atom is 0.0342 e. The first kappa shape index (κ1) is 11.5. The van der Waals surface area contributed by atoms with E-state index in [1.165, 1.54) is 36.9 Å². The van der Waals surface area contributed by atoms with Gasteiger partial charge in [-0.3, -0.25) is 0 Å². The second-order valence-electron chi connectivity index (χ2n) is 5.38. The van der Waals surface area contributed by atoms with E-state index < -0.39 is 0 Å². The van der Waals surface area contributed by atoms with E-state index in [0.29, 0.717) is 0 Å². The van der Waals surface area contributed by atoms with Crippen molar-refractivity contribution >= 4 is 5.69 Å². The molecule has 1 aromatic rings. The molecule has 1 aromatic carbocycles. The van der Waals surface area contributed by atoms with E-state index in [4.69, 9.17) is 0 Å². The van der Waals surface area contributed by atoms with Gasteiger partial charge in [0.1, 0.15) is 0 Å². The predicted molar refractivity (Wildman–Crippen MR) is 70.8 cm³/mol. The molecule has 0 aliphatic heterocycles. The van der Waals surface area contributed by atoms with Crippen LogP contribution in [0.1, 0.15) is 38.2 Å². The number of anilines is 1. The van der Waals surface area contributed by atoms with Crippen molar-refractivity contribution in [1.82, 2.24) is 0 Å². The van der Waals surface area contributed by atoms with Gasteiger partial charge in [0.2, 0.25) is 0 Å². The molecule has 1 aliphatic rings. The Labute approximate surface area is 99.3 Å². The van der Waals surface area contributed by atoms with Crippen LogP contribution in [0.15, 0.2) is 24.3 Å². The van der Waals surface area contributed by atoms with E-state index in [1.807, 2.05) is 0 Å². The molecule has 0 spiro atoms. The number of hydrogen-bond acceptors (Lipinski definition) is 1. The van der Waals surface area contributed by atoms with Crippen LogP contribution in [-0.4, -0.2) is 6.54 Å². The topological polar surface area (TPSA) is 12.0 Å². The van der Waals surface area contributed by atoms with Gasteiger partial charge in [-0.25, -0.2) is 0 Å². The minimum atomic E-state index is 0.886. The van der Waals surface area contributed by atoms with Gasteiger partial charge in [-0.15, -0.1) is 0 Å². The summed E-state index contributed by atoms with van der Waals surface area (Å²) in [6, 6.07) is 8.66. The summed E-state index contributed by atoms with van der Waals surface area (Å²) in [5.74, 6) is 1.84. The van der Waals surface area contributed by atoms with Gasteiger partial charge in [-0.2, -0.15) is 0 Å². The van der Waals surface area contributed by atoms with Crippen molar-refractivity contribution in [3.05, 3.63) is 29.8 Å². The average Bonchev–Trinajstić information content (AvgIpc) is 2.28. The SMILES string of the molecule is Cc1cccc(NCC2CCC(C)CC2)c1. The number of rotatable bonds is 3. The quantitative estimate of drug-likeness (QED) is 0.798. The molecule has 1 saturated carbocycles. The van der Waals surface area contributed by atoms with E-state index in [0.717, 1.165) is 18.4 Å². The Morgan fingerprint density at radius 3 is 2.62 bits per heavy atom. The van der Waals surface area contributed by atoms with Gasteiger partial charge in [0.25, 0.3) is 0 Å². The molecule has 0 bridgehead atoms. The number of hydrogen-bond donors (Lipinski definition) is 1. The van der Waals surface area contributed by atoms with Crippen molar-refractivity contribution in [2.24, 2.45) is 11.8 Å². The minimum Gasteiger partial charge on any atom is -0.385 e. The Morgan fingerprint density at radius 1 is 1.19 bits per heavy atom. The lowest BCUT2D eigenvalue weighted by atomic mass is 9.83. The first-order chi connectivity index (χ1) is 7.74. The highest BCUT2D eigenvalue weighted by Crippen LogP contribution is 2.28. The third-order valence-corrected chi connectivity index (χ3v) is 3.75. The molecule has 0 radical (unpaired) electrons. The normalized spacial score (nSPS) is 25.4. The molecule has 0 unspecified atom stereocenters. The van der Waals surface area contributed by atoms with Crippen molar-refractivity contribution in [3.63, 3.8) is 0 Å². The van der Waals surface area contributed by atoms with Crippen LogP contribution < -0.4 is 5.32 Å². The molecule has 0 atom stereocenters. The average molecular weight is 217 g/mol. The van der Waals surface area contributed by atoms with Crippen LogP contribution in [-0.2, 0) is 0 Å². The van der Waals surface area contributed by atoms with Gasteiger partial charge in [0.05, 0.1) is 0 Å². The lowest BCUT2D eigenvalue weighted by Crippen LogP contribution is -2.20. The summed E-state index contributed by atoms with van der Waals surface area (Å²) in [6.07, 6.45) is 5.64. The first-order valence-corrected chi connectivity index (χ1v) is 6.54. The van der Waals surface area contributed by atoms with Gasteiger partial charge < -0.3 is 5.32 Å². The molecular weight excluding hydrogens is 194 g/mol. The maximum atomic E-state index is 3.57. The molecule has 0 saturated heterocycles. The van der Waals surface area contributed by atoms with Crippen LogP contribution in [0.25, 0.3) is 0 Å². The van der Waals surface area contributed by atoms with Crippen molar-refractivity contribution in [1.29, 1.82) is 0 Å². The molecule has 0 amide bonds. The molecule has 1 aliphatic carbocycles. The molecular formula is C15H23N. The number of nitrogens with one attached hydrogen (secondary N) is 1. The summed E-state index contributed by atoms with van der Waals surface area (Å²) < 4.78 is 0. The van der Waals surface area contributed by atoms with Crippen LogP contribution in [0.2, 0.25) is 0 Å². The summed E-state index contributed by atoms with van der Waals surface area (Å²) in [4.78, 5) is 0. The highest BCUT2D eigenvalue weighted by atomic mass is 14.9. The van der Waals surface area contributed by atoms with Crippen molar-refractivity contribution < 1.29 is 0 Å². The van der Waals surface area contributed by atoms with E-state index in [-0.39, 0.29) is 0 Å². The van der Waals surface area contributed by atoms with Crippen LogP contribution >= 0.6 is 0 Å². The third kappa shape index (κ3) is 3.26. The fraction of sp³-hybridized carbons (Fsp3) is 0.600. The third-order valence-electron chi connectivity index (χ3n) is 3.75. The summed E-state index contributed by atoms with van der Waals surface area (Å²) in [5.41, 5.74) is 2.61. The smallest absolute Gasteiger partial charge is 0.0342 e. The molecule has 88 valence electrons. The minimum absolute atomic E-state index is 0.886. The van der Waals surface area contributed by atoms with Crippen LogP contribution in [0, 0.1) is 18.8 Å². The van der Waals surface area contributed by atoms with Gasteiger partial charge in [-0.1, -0.05) is 31.9 Å². The molecule has 1 N–H and O–H groups in total. The van der Waals surface area contributed by atoms with Gasteiger partial charge in [-0.05, 0) is 49.3 Å². The molecule has 0 aromatic heterocycles. The largest absolute Gasteiger partial charge is 0.385 e. The van der Waals surface area contributed by atoms with Crippen molar-refractivity contribution in [2.75, 3.05) is 11.9 Å². The monoisotopic (exact) mass is 217 g/mol. The van der Waals surface area contributed by atoms with E-state index >= 15 is 0 Å². The molecule has 1 heteroatoms. The zero-order valence-corrected chi connectivity index (χ0v) is 10.5. The fourth-order valence-electron chi connectivity index (χ4n) is 2.55. The van der Waals surface area contributed by atoms with E-state index in [1.54, 1.807) is 0 Å². The highest BCUT2D eigenvalue weighted by Gasteiger charge is 2.17. The summed E-state index contributed by atoms with van der Waals surface area (Å²) >= 11 is 0. The molecule has 1 nitrogen and oxygen atoms in total. The maximum absolute atomic E-state index is 3.57. The standard InChI is InChI=1S/C15H23N/c1-12-6-8-14(9-7-12)11-16-15-5-3-4-13(2)10-15/h3-5,10,12,14,16H,6-9,11H2,1-2H3. The van der Waals surface area contributed by atoms with E-state index in [2.05, 4.69) is 43.4 Å². The van der Waals surface area contributed by atoms with Gasteiger partial charge >= 0.3 is 0 Å². The molecule has 2 rings (SSSR count). The molecule has 1 fully saturated rings. The second-order valence-corrected chi connectivity index (χ2v) is 5.38. The second kappa shape index (κ2) is 5.38. The van der Waals surface area contributed by atoms with Crippen LogP contribution in [0.3, 0.4) is 0 Å². The zero-order valence-electron chi connectivity index (χ0n) is 10.5. The number of aryl methyl sites for hydroxylation is 1. The summed E-state index contributed by atoms with van der Waals surface area (Å²) in [5, 5.41) is 3.57. The Kier molecular flexibility index (Phi) is 3.87. The van der Waals surface area contributed by atoms with Crippen LogP contribution in [0.5, 0.6) is 0 Å². The Balaban J connectivity index is 1.79. The van der Waals surface area contributed by atoms with Gasteiger partial charge in [0.15, 0.2) is 0 Å². The van der Waals surface area contributed by atoms with Crippen molar-refractivity contribution in [3.8, 4) is 0 Å². The number of benzene rings is 1. The Hall–Kier alpha value is -0.980. The van der Waals surface area contributed by atoms with Gasteiger partial charge in [0, 0.05) is 12.2 Å². The molecule has 0 heterocycles. The summed E-state index contributed by atoms with van der Waals surface area (Å²) in [7, 11) is 0. The fourth-order valence-corrected chi connectivity index (χ4v) is 2.55. The Bertz CT molecular complexity index is 324.